The van der Waals surface area contributed by atoms with Gasteiger partial charge in [-0.3, -0.25) is 0 Å². The molecule has 1 saturated carbocycles. The van der Waals surface area contributed by atoms with Crippen LogP contribution in [0.15, 0.2) is 35.4 Å². The predicted octanol–water partition coefficient (Wildman–Crippen LogP) is 3.09. The van der Waals surface area contributed by atoms with Gasteiger partial charge in [-0.1, -0.05) is 26.2 Å². The number of aromatic nitrogens is 2. The molecule has 3 rings (SSSR count). The van der Waals surface area contributed by atoms with E-state index in [2.05, 4.69) is 28.3 Å². The van der Waals surface area contributed by atoms with Gasteiger partial charge in [-0.25, -0.2) is 18.5 Å². The number of sulfonamides is 1. The number of nitrogens with two attached hydrogens (primary N) is 1. The Bertz CT molecular complexity index is 978. The van der Waals surface area contributed by atoms with E-state index in [1.807, 2.05) is 0 Å². The van der Waals surface area contributed by atoms with E-state index in [9.17, 15) is 13.7 Å². The quantitative estimate of drug-likeness (QED) is 0.760. The van der Waals surface area contributed by atoms with Crippen molar-refractivity contribution in [1.29, 1.82) is 5.26 Å². The molecule has 0 bridgehead atoms. The van der Waals surface area contributed by atoms with Crippen LogP contribution in [-0.2, 0) is 10.0 Å². The van der Waals surface area contributed by atoms with Gasteiger partial charge in [-0.15, -0.1) is 0 Å². The standard InChI is InChI=1S/C19H23N5O3S/c1-19(9-3-2-4-10-19)13-27-17-14(11-20)12-22-18(24-17)23-15-5-7-16(8-6-15)28(21,25)26/h5-8,12H,2-4,9-10,13H2,1H3,(H2,21,25,26)(H,22,23,24). The third-order valence-corrected chi connectivity index (χ3v) is 5.86. The lowest BCUT2D eigenvalue weighted by Gasteiger charge is -2.33. The van der Waals surface area contributed by atoms with Crippen LogP contribution < -0.4 is 15.2 Å². The van der Waals surface area contributed by atoms with Crippen LogP contribution in [0.4, 0.5) is 11.6 Å². The van der Waals surface area contributed by atoms with Gasteiger partial charge in [0.2, 0.25) is 21.9 Å². The Balaban J connectivity index is 1.74. The molecule has 28 heavy (non-hydrogen) atoms. The van der Waals surface area contributed by atoms with Gasteiger partial charge in [0.15, 0.2) is 0 Å². The molecule has 3 N–H and O–H groups in total. The van der Waals surface area contributed by atoms with Crippen LogP contribution in [0.3, 0.4) is 0 Å². The molecule has 1 aromatic heterocycles. The number of nitriles is 1. The Hall–Kier alpha value is -2.70. The van der Waals surface area contributed by atoms with Crippen molar-refractivity contribution in [2.75, 3.05) is 11.9 Å². The van der Waals surface area contributed by atoms with Gasteiger partial charge in [0.1, 0.15) is 11.6 Å². The van der Waals surface area contributed by atoms with Gasteiger partial charge in [-0.2, -0.15) is 10.2 Å². The maximum atomic E-state index is 11.3. The minimum absolute atomic E-state index is 0.0172. The van der Waals surface area contributed by atoms with Crippen LogP contribution in [-0.4, -0.2) is 25.0 Å². The third kappa shape index (κ3) is 4.97. The van der Waals surface area contributed by atoms with Crippen LogP contribution in [0.2, 0.25) is 0 Å². The molecular weight excluding hydrogens is 378 g/mol. The molecule has 148 valence electrons. The van der Waals surface area contributed by atoms with Crippen LogP contribution in [0, 0.1) is 16.7 Å². The first-order chi connectivity index (χ1) is 13.3. The van der Waals surface area contributed by atoms with E-state index in [1.54, 1.807) is 12.1 Å². The highest BCUT2D eigenvalue weighted by molar-refractivity contribution is 7.89. The van der Waals surface area contributed by atoms with E-state index in [4.69, 9.17) is 9.88 Å². The molecule has 8 nitrogen and oxygen atoms in total. The Labute approximate surface area is 164 Å². The topological polar surface area (TPSA) is 131 Å². The van der Waals surface area contributed by atoms with Gasteiger partial charge < -0.3 is 10.1 Å². The number of nitrogens with one attached hydrogen (secondary N) is 1. The summed E-state index contributed by atoms with van der Waals surface area (Å²) in [5.74, 6) is 0.499. The first-order valence-corrected chi connectivity index (χ1v) is 10.6. The SMILES string of the molecule is CC1(COc2nc(Nc3ccc(S(N)(=O)=O)cc3)ncc2C#N)CCCCC1. The molecule has 1 heterocycles. The fraction of sp³-hybridized carbons (Fsp3) is 0.421. The van der Waals surface area contributed by atoms with Crippen molar-refractivity contribution in [3.63, 3.8) is 0 Å². The molecule has 0 saturated heterocycles. The number of hydrogen-bond donors (Lipinski definition) is 2. The normalized spacial score (nSPS) is 16.2. The molecule has 1 fully saturated rings. The zero-order valence-corrected chi connectivity index (χ0v) is 16.5. The fourth-order valence-electron chi connectivity index (χ4n) is 3.26. The summed E-state index contributed by atoms with van der Waals surface area (Å²) in [6, 6.07) is 7.96. The molecule has 0 radical (unpaired) electrons. The Morgan fingerprint density at radius 2 is 1.93 bits per heavy atom. The van der Waals surface area contributed by atoms with Crippen molar-refractivity contribution in [1.82, 2.24) is 9.97 Å². The molecule has 0 aliphatic heterocycles. The summed E-state index contributed by atoms with van der Waals surface area (Å²) in [6.45, 7) is 2.70. The average Bonchev–Trinajstić information content (AvgIpc) is 2.67. The van der Waals surface area contributed by atoms with Crippen LogP contribution >= 0.6 is 0 Å². The molecule has 0 unspecified atom stereocenters. The highest BCUT2D eigenvalue weighted by Gasteiger charge is 2.28. The van der Waals surface area contributed by atoms with Crippen molar-refractivity contribution in [2.24, 2.45) is 10.6 Å². The van der Waals surface area contributed by atoms with E-state index in [0.29, 0.717) is 12.3 Å². The lowest BCUT2D eigenvalue weighted by atomic mass is 9.76. The van der Waals surface area contributed by atoms with Gasteiger partial charge in [0, 0.05) is 11.1 Å². The van der Waals surface area contributed by atoms with E-state index >= 15 is 0 Å². The first-order valence-electron chi connectivity index (χ1n) is 9.09. The Morgan fingerprint density at radius 3 is 2.54 bits per heavy atom. The summed E-state index contributed by atoms with van der Waals surface area (Å²) in [4.78, 5) is 8.45. The lowest BCUT2D eigenvalue weighted by Crippen LogP contribution is -2.28. The smallest absolute Gasteiger partial charge is 0.238 e. The molecule has 9 heteroatoms. The maximum absolute atomic E-state index is 11.3. The molecule has 0 atom stereocenters. The molecule has 1 aliphatic rings. The summed E-state index contributed by atoms with van der Waals surface area (Å²) >= 11 is 0. The second kappa shape index (κ2) is 8.12. The van der Waals surface area contributed by atoms with Gasteiger partial charge >= 0.3 is 0 Å². The second-order valence-corrected chi connectivity index (χ2v) is 8.94. The predicted molar refractivity (Wildman–Crippen MR) is 105 cm³/mol. The number of nitrogens with zero attached hydrogens (tertiary/aromatic N) is 3. The van der Waals surface area contributed by atoms with Crippen molar-refractivity contribution >= 4 is 21.7 Å². The monoisotopic (exact) mass is 401 g/mol. The number of benzene rings is 1. The molecule has 1 aromatic carbocycles. The summed E-state index contributed by atoms with van der Waals surface area (Å²) < 4.78 is 28.6. The van der Waals surface area contributed by atoms with Crippen LogP contribution in [0.25, 0.3) is 0 Å². The largest absolute Gasteiger partial charge is 0.476 e. The summed E-state index contributed by atoms with van der Waals surface area (Å²) in [7, 11) is -3.75. The molecule has 0 spiro atoms. The van der Waals surface area contributed by atoms with Gasteiger partial charge in [0.05, 0.1) is 17.7 Å². The molecule has 1 aliphatic carbocycles. The zero-order chi connectivity index (χ0) is 20.2. The second-order valence-electron chi connectivity index (χ2n) is 7.38. The van der Waals surface area contributed by atoms with Gasteiger partial charge in [-0.05, 0) is 37.1 Å². The summed E-state index contributed by atoms with van der Waals surface area (Å²) in [5.41, 5.74) is 0.949. The van der Waals surface area contributed by atoms with E-state index in [1.165, 1.54) is 37.6 Å². The van der Waals surface area contributed by atoms with E-state index < -0.39 is 10.0 Å². The summed E-state index contributed by atoms with van der Waals surface area (Å²) in [5, 5.41) is 17.4. The number of ether oxygens (including phenoxy) is 1. The number of anilines is 2. The highest BCUT2D eigenvalue weighted by atomic mass is 32.2. The maximum Gasteiger partial charge on any atom is 0.238 e. The highest BCUT2D eigenvalue weighted by Crippen LogP contribution is 2.36. The van der Waals surface area contributed by atoms with E-state index in [0.717, 1.165) is 12.8 Å². The first kappa shape index (κ1) is 20.0. The number of hydrogen-bond acceptors (Lipinski definition) is 7. The molecule has 2 aromatic rings. The number of primary sulfonamides is 1. The Kier molecular flexibility index (Phi) is 5.82. The van der Waals surface area contributed by atoms with Gasteiger partial charge in [0.25, 0.3) is 0 Å². The van der Waals surface area contributed by atoms with Crippen molar-refractivity contribution in [3.05, 3.63) is 36.0 Å². The molecular formula is C19H23N5O3S. The zero-order valence-electron chi connectivity index (χ0n) is 15.7. The molecule has 0 amide bonds. The van der Waals surface area contributed by atoms with Crippen LogP contribution in [0.5, 0.6) is 5.88 Å². The number of rotatable bonds is 6. The average molecular weight is 401 g/mol. The minimum atomic E-state index is -3.75. The van der Waals surface area contributed by atoms with Crippen molar-refractivity contribution in [3.8, 4) is 11.9 Å². The lowest BCUT2D eigenvalue weighted by molar-refractivity contribution is 0.112. The van der Waals surface area contributed by atoms with E-state index in [-0.39, 0.29) is 27.7 Å². The Morgan fingerprint density at radius 1 is 1.25 bits per heavy atom. The summed E-state index contributed by atoms with van der Waals surface area (Å²) in [6.07, 6.45) is 7.24. The van der Waals surface area contributed by atoms with Crippen LogP contribution in [0.1, 0.15) is 44.6 Å². The van der Waals surface area contributed by atoms with Crippen molar-refractivity contribution in [2.45, 2.75) is 43.9 Å². The minimum Gasteiger partial charge on any atom is -0.476 e. The third-order valence-electron chi connectivity index (χ3n) is 4.93. The fourth-order valence-corrected chi connectivity index (χ4v) is 3.78. The van der Waals surface area contributed by atoms with Crippen molar-refractivity contribution < 1.29 is 13.2 Å².